The van der Waals surface area contributed by atoms with E-state index in [-0.39, 0.29) is 0 Å². The van der Waals surface area contributed by atoms with E-state index in [2.05, 4.69) is 156 Å². The van der Waals surface area contributed by atoms with Crippen molar-refractivity contribution >= 4 is 85.1 Å². The second-order valence-corrected chi connectivity index (χ2v) is 59.0. The van der Waals surface area contributed by atoms with Crippen LogP contribution in [0.5, 0.6) is 11.5 Å². The monoisotopic (exact) mass is 1040 g/mol. The first-order valence-electron chi connectivity index (χ1n) is 22.4. The molecule has 2 aromatic rings. The molecule has 0 aromatic heterocycles. The molecule has 0 saturated carbocycles. The van der Waals surface area contributed by atoms with Gasteiger partial charge in [0, 0.05) is 0 Å². The summed E-state index contributed by atoms with van der Waals surface area (Å²) in [6.45, 7) is 44.8. The normalized spacial score (nSPS) is 14.1. The number of rotatable bonds is 27. The first-order chi connectivity index (χ1) is 28.3. The van der Waals surface area contributed by atoms with E-state index in [1.165, 1.54) is 12.8 Å². The third-order valence-corrected chi connectivity index (χ3v) is 48.3. The van der Waals surface area contributed by atoms with Gasteiger partial charge >= 0.3 is 68.5 Å². The topological polar surface area (TPSA) is 140 Å². The van der Waals surface area contributed by atoms with Crippen LogP contribution >= 0.6 is 0 Å². The maximum absolute atomic E-state index is 9.47. The van der Waals surface area contributed by atoms with Crippen molar-refractivity contribution in [1.29, 1.82) is 10.5 Å². The van der Waals surface area contributed by atoms with Crippen LogP contribution in [0.2, 0.25) is 143 Å². The zero-order valence-electron chi connectivity index (χ0n) is 42.8. The van der Waals surface area contributed by atoms with Crippen LogP contribution in [0.25, 0.3) is 0 Å². The fourth-order valence-corrected chi connectivity index (χ4v) is 59.9. The van der Waals surface area contributed by atoms with Gasteiger partial charge in [0.05, 0.1) is 11.1 Å². The van der Waals surface area contributed by atoms with Gasteiger partial charge in [0.1, 0.15) is 23.6 Å². The summed E-state index contributed by atoms with van der Waals surface area (Å²) in [5.41, 5.74) is 1.70. The highest BCUT2D eigenvalue weighted by atomic mass is 28.5. The Balaban J connectivity index is 2.00. The van der Waals surface area contributed by atoms with Crippen molar-refractivity contribution in [3.05, 3.63) is 59.2 Å². The van der Waals surface area contributed by atoms with Crippen molar-refractivity contribution in [3.8, 4) is 23.6 Å². The molecule has 0 fully saturated rings. The van der Waals surface area contributed by atoms with Gasteiger partial charge in [-0.1, -0.05) is 38.0 Å². The molecule has 0 aliphatic carbocycles. The minimum Gasteiger partial charge on any atom is -0.457 e. The minimum absolute atomic E-state index is 0.294. The molecule has 0 aliphatic heterocycles. The van der Waals surface area contributed by atoms with Crippen LogP contribution in [0.15, 0.2) is 42.5 Å². The Hall–Kier alpha value is -0.971. The van der Waals surface area contributed by atoms with Crippen molar-refractivity contribution in [3.63, 3.8) is 0 Å². The molecule has 2 aromatic carbocycles. The highest BCUT2D eigenvalue weighted by Crippen LogP contribution is 2.33. The molecule has 0 heterocycles. The molecule has 0 saturated heterocycles. The van der Waals surface area contributed by atoms with Crippen LogP contribution in [0.1, 0.15) is 42.9 Å². The quantitative estimate of drug-likeness (QED) is 0.0787. The second kappa shape index (κ2) is 22.4. The lowest BCUT2D eigenvalue weighted by Gasteiger charge is -2.44. The molecule has 0 aliphatic rings. The van der Waals surface area contributed by atoms with Gasteiger partial charge in [0.25, 0.3) is 0 Å². The molecule has 356 valence electrons. The Morgan fingerprint density at radius 3 is 1.14 bits per heavy atom. The van der Waals surface area contributed by atoms with Crippen molar-refractivity contribution in [2.45, 2.75) is 176 Å². The molecule has 0 unspecified atom stereocenters. The molecule has 0 atom stereocenters. The summed E-state index contributed by atoms with van der Waals surface area (Å²) in [5.74, 6) is 1.26. The number of ether oxygens (including phenoxy) is 1. The van der Waals surface area contributed by atoms with Gasteiger partial charge in [0.2, 0.25) is 0 Å². The Morgan fingerprint density at radius 1 is 0.429 bits per heavy atom. The van der Waals surface area contributed by atoms with Crippen molar-refractivity contribution in [2.75, 3.05) is 0 Å². The largest absolute Gasteiger partial charge is 0.457 e. The van der Waals surface area contributed by atoms with E-state index >= 15 is 0 Å². The van der Waals surface area contributed by atoms with Crippen LogP contribution in [-0.2, 0) is 43.5 Å². The Kier molecular flexibility index (Phi) is 20.7. The maximum Gasteiger partial charge on any atom is 0.314 e. The molecule has 22 heteroatoms. The van der Waals surface area contributed by atoms with E-state index in [1.807, 2.05) is 18.2 Å². The summed E-state index contributed by atoms with van der Waals surface area (Å²) in [5, 5.41) is 18.8. The molecule has 0 N–H and O–H groups in total. The van der Waals surface area contributed by atoms with E-state index in [0.29, 0.717) is 16.9 Å². The predicted molar refractivity (Wildman–Crippen MR) is 280 cm³/mol. The van der Waals surface area contributed by atoms with Gasteiger partial charge in [0.15, 0.2) is 16.6 Å². The van der Waals surface area contributed by atoms with Crippen LogP contribution < -0.4 is 4.74 Å². The molecular weight excluding hydrogens is 961 g/mol. The third-order valence-electron chi connectivity index (χ3n) is 9.27. The molecule has 0 radical (unpaired) electrons. The lowest BCUT2D eigenvalue weighted by molar-refractivity contribution is 0.257. The summed E-state index contributed by atoms with van der Waals surface area (Å²) in [4.78, 5) is 0. The molecule has 63 heavy (non-hydrogen) atoms. The Labute approximate surface area is 393 Å². The molecule has 0 spiro atoms. The summed E-state index contributed by atoms with van der Waals surface area (Å²) < 4.78 is 67.8. The number of hydrogen-bond acceptors (Lipinski definition) is 12. The highest BCUT2D eigenvalue weighted by Gasteiger charge is 2.50. The van der Waals surface area contributed by atoms with E-state index < -0.39 is 85.1 Å². The zero-order valence-corrected chi connectivity index (χ0v) is 52.8. The third kappa shape index (κ3) is 22.6. The Morgan fingerprint density at radius 2 is 0.778 bits per heavy atom. The van der Waals surface area contributed by atoms with Gasteiger partial charge in [-0.2, -0.15) is 10.5 Å². The van der Waals surface area contributed by atoms with Crippen LogP contribution in [0, 0.1) is 22.7 Å². The second-order valence-electron chi connectivity index (χ2n) is 21.2. The number of aryl methyl sites for hydroxylation is 1. The van der Waals surface area contributed by atoms with Crippen LogP contribution in [0.4, 0.5) is 0 Å². The summed E-state index contributed by atoms with van der Waals surface area (Å²) >= 11 is 0. The van der Waals surface area contributed by atoms with E-state index in [0.717, 1.165) is 36.2 Å². The van der Waals surface area contributed by atoms with E-state index in [1.54, 1.807) is 18.2 Å². The highest BCUT2D eigenvalue weighted by molar-refractivity contribution is 6.93. The Bertz CT molecular complexity index is 1900. The average Bonchev–Trinajstić information content (AvgIpc) is 3.02. The number of nitrogens with zero attached hydrogens (tertiary/aromatic N) is 2. The zero-order chi connectivity index (χ0) is 48.6. The standard InChI is InChI=1S/C41H82N2O10Si10/c1-22-23-32-54(2,3)45-56(6,7)47-58(10,11)49-60(14,15)51-62(18,19)53-63(20,21)52-61(16,17)50-59(12,13)48-57(8,9)46-55(4,5)33-26-28-37-27-24-25-29-41(37)44-40-31-30-38(35-42)39(34-40)36-43/h24-25,27,29-31,34H,22-23,26,28,32-33H2,1-21H3. The van der Waals surface area contributed by atoms with Crippen molar-refractivity contribution in [2.24, 2.45) is 0 Å². The van der Waals surface area contributed by atoms with Gasteiger partial charge in [-0.25, -0.2) is 0 Å². The molecular formula is C41H82N2O10Si10. The van der Waals surface area contributed by atoms with Gasteiger partial charge in [-0.15, -0.1) is 0 Å². The SMILES string of the molecule is CCCC[Si](C)(C)O[Si](C)(C)O[Si](C)(C)O[Si](C)(C)O[Si](C)(C)O[Si](C)(C)O[Si](C)(C)O[Si](C)(C)O[Si](C)(C)O[Si](C)(C)CCCc1ccccc1Oc1ccc(C#N)c(C#N)c1. The van der Waals surface area contributed by atoms with Gasteiger partial charge < -0.3 is 41.8 Å². The smallest absolute Gasteiger partial charge is 0.314 e. The molecule has 0 amide bonds. The fourth-order valence-electron chi connectivity index (χ4n) is 8.76. The number of hydrogen-bond donors (Lipinski definition) is 0. The first-order valence-corrected chi connectivity index (χ1v) is 51.1. The van der Waals surface area contributed by atoms with E-state index in [4.69, 9.17) is 41.8 Å². The van der Waals surface area contributed by atoms with Crippen molar-refractivity contribution in [1.82, 2.24) is 0 Å². The maximum atomic E-state index is 9.47. The molecule has 12 nitrogen and oxygen atoms in total. The lowest BCUT2D eigenvalue weighted by Crippen LogP contribution is -2.62. The minimum atomic E-state index is -2.75. The number of nitriles is 2. The van der Waals surface area contributed by atoms with Gasteiger partial charge in [-0.3, -0.25) is 0 Å². The lowest BCUT2D eigenvalue weighted by atomic mass is 10.1. The van der Waals surface area contributed by atoms with E-state index in [9.17, 15) is 10.5 Å². The number of para-hydroxylation sites is 1. The average molecular weight is 1040 g/mol. The van der Waals surface area contributed by atoms with Gasteiger partial charge in [-0.05, 0) is 186 Å². The predicted octanol–water partition coefficient (Wildman–Crippen LogP) is 13.1. The summed E-state index contributed by atoms with van der Waals surface area (Å²) in [7, 11) is -25.3. The summed E-state index contributed by atoms with van der Waals surface area (Å²) in [6.07, 6.45) is 4.08. The van der Waals surface area contributed by atoms with Crippen LogP contribution in [-0.4, -0.2) is 85.1 Å². The first kappa shape index (κ1) is 58.2. The van der Waals surface area contributed by atoms with Crippen molar-refractivity contribution < 1.29 is 41.8 Å². The summed E-state index contributed by atoms with van der Waals surface area (Å²) in [6, 6.07) is 19.1. The fraction of sp³-hybridized carbons (Fsp3) is 0.659. The molecule has 2 rings (SSSR count). The number of benzene rings is 2. The van der Waals surface area contributed by atoms with Crippen LogP contribution in [0.3, 0.4) is 0 Å². The molecule has 0 bridgehead atoms. The number of unbranched alkanes of at least 4 members (excludes halogenated alkanes) is 1.